The molecule has 7 nitrogen and oxygen atoms in total. The molecule has 1 amide bonds. The summed E-state index contributed by atoms with van der Waals surface area (Å²) in [7, 11) is -1.69. The maximum atomic E-state index is 13.2. The number of aromatic nitrogens is 2. The van der Waals surface area contributed by atoms with Crippen molar-refractivity contribution >= 4 is 27.3 Å². The second kappa shape index (κ2) is 8.94. The highest BCUT2D eigenvalue weighted by Crippen LogP contribution is 2.29. The van der Waals surface area contributed by atoms with Gasteiger partial charge in [0.2, 0.25) is 5.91 Å². The lowest BCUT2D eigenvalue weighted by Gasteiger charge is -2.32. The summed E-state index contributed by atoms with van der Waals surface area (Å²) in [6.45, 7) is 2.51. The van der Waals surface area contributed by atoms with Crippen molar-refractivity contribution < 1.29 is 13.2 Å². The van der Waals surface area contributed by atoms with Crippen LogP contribution < -0.4 is 5.32 Å². The predicted octanol–water partition coefficient (Wildman–Crippen LogP) is 3.10. The molecule has 3 heterocycles. The van der Waals surface area contributed by atoms with Crippen LogP contribution in [-0.4, -0.2) is 41.3 Å². The molecular formula is C22H26N4O3S2. The summed E-state index contributed by atoms with van der Waals surface area (Å²) in [6.07, 6.45) is 4.86. The Morgan fingerprint density at radius 2 is 2.00 bits per heavy atom. The number of carbonyl (C=O) groups excluding carboxylic acids is 1. The van der Waals surface area contributed by atoms with E-state index in [1.165, 1.54) is 15.6 Å². The average molecular weight is 459 g/mol. The lowest BCUT2D eigenvalue weighted by atomic mass is 9.97. The maximum Gasteiger partial charge on any atom is 0.252 e. The van der Waals surface area contributed by atoms with Crippen molar-refractivity contribution in [2.24, 2.45) is 13.0 Å². The van der Waals surface area contributed by atoms with Crippen LogP contribution in [0.4, 0.5) is 0 Å². The van der Waals surface area contributed by atoms with Gasteiger partial charge in [0.05, 0.1) is 5.92 Å². The van der Waals surface area contributed by atoms with Crippen LogP contribution in [0.3, 0.4) is 0 Å². The zero-order valence-electron chi connectivity index (χ0n) is 17.6. The summed E-state index contributed by atoms with van der Waals surface area (Å²) in [5, 5.41) is 3.12. The van der Waals surface area contributed by atoms with E-state index >= 15 is 0 Å². The van der Waals surface area contributed by atoms with Gasteiger partial charge in [-0.05, 0) is 37.5 Å². The number of hydrogen-bond acceptors (Lipinski definition) is 5. The van der Waals surface area contributed by atoms with E-state index in [1.54, 1.807) is 12.3 Å². The van der Waals surface area contributed by atoms with Crippen LogP contribution in [0.15, 0.2) is 59.1 Å². The molecule has 1 saturated heterocycles. The molecule has 164 valence electrons. The van der Waals surface area contributed by atoms with Crippen LogP contribution in [0.1, 0.15) is 35.1 Å². The molecule has 1 aromatic carbocycles. The Labute approximate surface area is 186 Å². The average Bonchev–Trinajstić information content (AvgIpc) is 3.41. The normalized spacial score (nSPS) is 18.6. The maximum absolute atomic E-state index is 13.2. The Bertz CT molecular complexity index is 1150. The Balaban J connectivity index is 1.53. The van der Waals surface area contributed by atoms with Crippen LogP contribution in [0.2, 0.25) is 0 Å². The Hall–Kier alpha value is -2.49. The molecule has 0 saturated carbocycles. The first-order valence-electron chi connectivity index (χ1n) is 10.3. The SMILES string of the molecule is Cc1ccc(S(=O)(=O)N2CCC[C@@H](C(=O)N[C@@H](c3ccccc3)c3nccn3C)C2)s1. The van der Waals surface area contributed by atoms with E-state index in [0.29, 0.717) is 23.6 Å². The number of hydrogen-bond donors (Lipinski definition) is 1. The van der Waals surface area contributed by atoms with Crippen LogP contribution >= 0.6 is 11.3 Å². The first-order valence-corrected chi connectivity index (χ1v) is 12.5. The Morgan fingerprint density at radius 1 is 1.23 bits per heavy atom. The number of thiophene rings is 1. The molecule has 9 heteroatoms. The smallest absolute Gasteiger partial charge is 0.252 e. The number of amides is 1. The lowest BCUT2D eigenvalue weighted by molar-refractivity contribution is -0.126. The van der Waals surface area contributed by atoms with Crippen molar-refractivity contribution in [3.8, 4) is 0 Å². The molecule has 0 bridgehead atoms. The summed E-state index contributed by atoms with van der Waals surface area (Å²) in [5.74, 6) is 0.170. The Morgan fingerprint density at radius 3 is 2.65 bits per heavy atom. The van der Waals surface area contributed by atoms with Gasteiger partial charge in [0.1, 0.15) is 16.1 Å². The molecule has 31 heavy (non-hydrogen) atoms. The number of carbonyl (C=O) groups is 1. The molecule has 1 aliphatic rings. The number of piperidine rings is 1. The monoisotopic (exact) mass is 458 g/mol. The van der Waals surface area contributed by atoms with E-state index in [9.17, 15) is 13.2 Å². The summed E-state index contributed by atoms with van der Waals surface area (Å²) < 4.78 is 29.7. The predicted molar refractivity (Wildman–Crippen MR) is 120 cm³/mol. The van der Waals surface area contributed by atoms with Crippen molar-refractivity contribution in [1.29, 1.82) is 0 Å². The fourth-order valence-corrected chi connectivity index (χ4v) is 6.87. The first kappa shape index (κ1) is 21.7. The van der Waals surface area contributed by atoms with Crippen molar-refractivity contribution in [2.45, 2.75) is 30.0 Å². The molecule has 3 aromatic rings. The molecule has 2 atom stereocenters. The topological polar surface area (TPSA) is 84.3 Å². The van der Waals surface area contributed by atoms with Crippen molar-refractivity contribution in [3.05, 3.63) is 71.1 Å². The zero-order chi connectivity index (χ0) is 22.0. The quantitative estimate of drug-likeness (QED) is 0.615. The van der Waals surface area contributed by atoms with E-state index in [0.717, 1.165) is 16.3 Å². The number of imidazole rings is 1. The largest absolute Gasteiger partial charge is 0.342 e. The van der Waals surface area contributed by atoms with Crippen molar-refractivity contribution in [1.82, 2.24) is 19.2 Å². The highest BCUT2D eigenvalue weighted by molar-refractivity contribution is 7.91. The summed E-state index contributed by atoms with van der Waals surface area (Å²) in [6, 6.07) is 12.7. The van der Waals surface area contributed by atoms with Gasteiger partial charge in [0.25, 0.3) is 10.0 Å². The molecular weight excluding hydrogens is 432 g/mol. The van der Waals surface area contributed by atoms with Gasteiger partial charge < -0.3 is 9.88 Å². The fraction of sp³-hybridized carbons (Fsp3) is 0.364. The molecule has 0 unspecified atom stereocenters. The van der Waals surface area contributed by atoms with Crippen molar-refractivity contribution in [3.63, 3.8) is 0 Å². The molecule has 0 aliphatic carbocycles. The second-order valence-electron chi connectivity index (χ2n) is 7.82. The van der Waals surface area contributed by atoms with Gasteiger partial charge in [-0.1, -0.05) is 30.3 Å². The first-order chi connectivity index (χ1) is 14.9. The highest BCUT2D eigenvalue weighted by atomic mass is 32.2. The molecule has 1 aliphatic heterocycles. The number of nitrogens with zero attached hydrogens (tertiary/aromatic N) is 3. The van der Waals surface area contributed by atoms with E-state index in [-0.39, 0.29) is 12.5 Å². The van der Waals surface area contributed by atoms with E-state index in [1.807, 2.05) is 61.1 Å². The number of sulfonamides is 1. The molecule has 2 aromatic heterocycles. The minimum absolute atomic E-state index is 0.154. The number of nitrogens with one attached hydrogen (secondary N) is 1. The standard InChI is InChI=1S/C22H26N4O3S2/c1-16-10-11-19(30-16)31(28,29)26-13-6-9-18(15-26)22(27)24-20(17-7-4-3-5-8-17)21-23-12-14-25(21)2/h3-5,7-8,10-12,14,18,20H,6,9,13,15H2,1-2H3,(H,24,27)/t18-,20+/m1/s1. The third kappa shape index (κ3) is 4.58. The molecule has 1 fully saturated rings. The second-order valence-corrected chi connectivity index (χ2v) is 11.3. The third-order valence-corrected chi connectivity index (χ3v) is 8.93. The van der Waals surface area contributed by atoms with Crippen LogP contribution in [0, 0.1) is 12.8 Å². The van der Waals surface area contributed by atoms with Gasteiger partial charge in [-0.2, -0.15) is 4.31 Å². The van der Waals surface area contributed by atoms with Gasteiger partial charge in [-0.15, -0.1) is 11.3 Å². The van der Waals surface area contributed by atoms with E-state index < -0.39 is 22.0 Å². The van der Waals surface area contributed by atoms with Gasteiger partial charge in [0, 0.05) is 37.4 Å². The van der Waals surface area contributed by atoms with E-state index in [4.69, 9.17) is 0 Å². The lowest BCUT2D eigenvalue weighted by Crippen LogP contribution is -2.46. The number of aryl methyl sites for hydroxylation is 2. The van der Waals surface area contributed by atoms with Gasteiger partial charge in [-0.3, -0.25) is 4.79 Å². The van der Waals surface area contributed by atoms with Crippen LogP contribution in [0.25, 0.3) is 0 Å². The Kier molecular flexibility index (Phi) is 6.27. The molecule has 4 rings (SSSR count). The van der Waals surface area contributed by atoms with Gasteiger partial charge >= 0.3 is 0 Å². The minimum atomic E-state index is -3.58. The summed E-state index contributed by atoms with van der Waals surface area (Å²) in [4.78, 5) is 18.6. The summed E-state index contributed by atoms with van der Waals surface area (Å²) >= 11 is 1.26. The van der Waals surface area contributed by atoms with Crippen molar-refractivity contribution in [2.75, 3.05) is 13.1 Å². The third-order valence-electron chi connectivity index (χ3n) is 5.60. The van der Waals surface area contributed by atoms with E-state index in [2.05, 4.69) is 10.3 Å². The molecule has 0 spiro atoms. The minimum Gasteiger partial charge on any atom is -0.342 e. The van der Waals surface area contributed by atoms with Gasteiger partial charge in [-0.25, -0.2) is 13.4 Å². The zero-order valence-corrected chi connectivity index (χ0v) is 19.2. The molecule has 1 N–H and O–H groups in total. The van der Waals surface area contributed by atoms with Crippen LogP contribution in [0.5, 0.6) is 0 Å². The summed E-state index contributed by atoms with van der Waals surface area (Å²) in [5.41, 5.74) is 0.930. The highest BCUT2D eigenvalue weighted by Gasteiger charge is 2.35. The van der Waals surface area contributed by atoms with Crippen LogP contribution in [-0.2, 0) is 21.9 Å². The number of benzene rings is 1. The van der Waals surface area contributed by atoms with Gasteiger partial charge in [0.15, 0.2) is 0 Å². The fourth-order valence-electron chi connectivity index (χ4n) is 3.91. The molecule has 0 radical (unpaired) electrons. The number of rotatable bonds is 6.